The molecule has 1 aromatic carbocycles. The molecule has 21 heavy (non-hydrogen) atoms. The maximum atomic E-state index is 14.4. The first-order chi connectivity index (χ1) is 10.0. The van der Waals surface area contributed by atoms with E-state index in [0.717, 1.165) is 30.9 Å². The van der Waals surface area contributed by atoms with Gasteiger partial charge in [0.05, 0.1) is 5.69 Å². The minimum absolute atomic E-state index is 0.0823. The summed E-state index contributed by atoms with van der Waals surface area (Å²) in [5, 5.41) is 3.41. The number of rotatable bonds is 6. The average molecular weight is 292 g/mol. The van der Waals surface area contributed by atoms with Crippen molar-refractivity contribution in [1.82, 2.24) is 5.32 Å². The van der Waals surface area contributed by atoms with Gasteiger partial charge in [-0.15, -0.1) is 0 Å². The molecule has 0 atom stereocenters. The first-order valence-electron chi connectivity index (χ1n) is 8.27. The molecule has 1 N–H and O–H groups in total. The van der Waals surface area contributed by atoms with Crippen molar-refractivity contribution in [3.05, 3.63) is 29.6 Å². The number of nitrogens with zero attached hydrogens (tertiary/aromatic N) is 1. The lowest BCUT2D eigenvalue weighted by molar-refractivity contribution is 0.301. The SMILES string of the molecule is CCC1(CC)CCN(c2c(F)cccc2CNC(C)C)C1. The van der Waals surface area contributed by atoms with Crippen molar-refractivity contribution in [2.24, 2.45) is 5.41 Å². The summed E-state index contributed by atoms with van der Waals surface area (Å²) in [6.45, 7) is 11.4. The minimum Gasteiger partial charge on any atom is -0.368 e. The predicted molar refractivity (Wildman–Crippen MR) is 88.2 cm³/mol. The van der Waals surface area contributed by atoms with Crippen LogP contribution in [0.2, 0.25) is 0 Å². The highest BCUT2D eigenvalue weighted by atomic mass is 19.1. The van der Waals surface area contributed by atoms with Gasteiger partial charge in [-0.25, -0.2) is 4.39 Å². The van der Waals surface area contributed by atoms with Crippen molar-refractivity contribution in [2.75, 3.05) is 18.0 Å². The summed E-state index contributed by atoms with van der Waals surface area (Å²) in [5.74, 6) is -0.0823. The Morgan fingerprint density at radius 2 is 2.00 bits per heavy atom. The van der Waals surface area contributed by atoms with E-state index in [0.29, 0.717) is 11.5 Å². The zero-order valence-electron chi connectivity index (χ0n) is 13.9. The highest BCUT2D eigenvalue weighted by Gasteiger charge is 2.36. The zero-order valence-corrected chi connectivity index (χ0v) is 13.9. The van der Waals surface area contributed by atoms with Crippen LogP contribution < -0.4 is 10.2 Å². The molecule has 2 rings (SSSR count). The standard InChI is InChI=1S/C18H29FN2/c1-5-18(6-2)10-11-21(13-18)17-15(12-20-14(3)4)8-7-9-16(17)19/h7-9,14,20H,5-6,10-13H2,1-4H3. The summed E-state index contributed by atoms with van der Waals surface area (Å²) in [4.78, 5) is 2.26. The summed E-state index contributed by atoms with van der Waals surface area (Å²) < 4.78 is 14.4. The normalized spacial score (nSPS) is 17.7. The average Bonchev–Trinajstić information content (AvgIpc) is 2.90. The van der Waals surface area contributed by atoms with Crippen LogP contribution in [0, 0.1) is 11.2 Å². The Morgan fingerprint density at radius 1 is 1.29 bits per heavy atom. The van der Waals surface area contributed by atoms with Gasteiger partial charge in [-0.05, 0) is 36.3 Å². The van der Waals surface area contributed by atoms with Crippen molar-refractivity contribution in [3.8, 4) is 0 Å². The number of para-hydroxylation sites is 1. The Morgan fingerprint density at radius 3 is 2.57 bits per heavy atom. The Labute approximate surface area is 128 Å². The van der Waals surface area contributed by atoms with Crippen LogP contribution in [0.5, 0.6) is 0 Å². The fourth-order valence-electron chi connectivity index (χ4n) is 3.32. The van der Waals surface area contributed by atoms with Gasteiger partial charge < -0.3 is 10.2 Å². The van der Waals surface area contributed by atoms with Crippen molar-refractivity contribution < 1.29 is 4.39 Å². The van der Waals surface area contributed by atoms with E-state index in [1.807, 2.05) is 12.1 Å². The first kappa shape index (κ1) is 16.3. The van der Waals surface area contributed by atoms with Gasteiger partial charge in [-0.2, -0.15) is 0 Å². The third-order valence-corrected chi connectivity index (χ3v) is 5.03. The van der Waals surface area contributed by atoms with E-state index >= 15 is 0 Å². The summed E-state index contributed by atoms with van der Waals surface area (Å²) in [6.07, 6.45) is 3.52. The molecule has 1 saturated heterocycles. The molecule has 118 valence electrons. The number of hydrogen-bond acceptors (Lipinski definition) is 2. The van der Waals surface area contributed by atoms with Crippen molar-refractivity contribution in [1.29, 1.82) is 0 Å². The quantitative estimate of drug-likeness (QED) is 0.839. The molecule has 1 aliphatic rings. The van der Waals surface area contributed by atoms with Crippen LogP contribution in [-0.2, 0) is 6.54 Å². The number of anilines is 1. The summed E-state index contributed by atoms with van der Waals surface area (Å²) in [7, 11) is 0. The lowest BCUT2D eigenvalue weighted by Gasteiger charge is -2.28. The minimum atomic E-state index is -0.0823. The fraction of sp³-hybridized carbons (Fsp3) is 0.667. The van der Waals surface area contributed by atoms with Crippen molar-refractivity contribution in [2.45, 2.75) is 59.5 Å². The molecule has 0 aromatic heterocycles. The van der Waals surface area contributed by atoms with Crippen LogP contribution in [0.4, 0.5) is 10.1 Å². The third kappa shape index (κ3) is 3.57. The lowest BCUT2D eigenvalue weighted by atomic mass is 9.82. The molecule has 1 fully saturated rings. The second-order valence-electron chi connectivity index (χ2n) is 6.66. The highest BCUT2D eigenvalue weighted by Crippen LogP contribution is 2.40. The third-order valence-electron chi connectivity index (χ3n) is 5.03. The Bertz CT molecular complexity index is 466. The van der Waals surface area contributed by atoms with E-state index in [9.17, 15) is 4.39 Å². The second-order valence-corrected chi connectivity index (χ2v) is 6.66. The predicted octanol–water partition coefficient (Wildman–Crippen LogP) is 4.34. The summed E-state index contributed by atoms with van der Waals surface area (Å²) in [5.41, 5.74) is 2.26. The first-order valence-corrected chi connectivity index (χ1v) is 8.27. The van der Waals surface area contributed by atoms with E-state index in [4.69, 9.17) is 0 Å². The van der Waals surface area contributed by atoms with Crippen LogP contribution in [0.3, 0.4) is 0 Å². The molecule has 0 aliphatic carbocycles. The van der Waals surface area contributed by atoms with Crippen LogP contribution in [-0.4, -0.2) is 19.1 Å². The topological polar surface area (TPSA) is 15.3 Å². The van der Waals surface area contributed by atoms with E-state index < -0.39 is 0 Å². The van der Waals surface area contributed by atoms with E-state index in [2.05, 4.69) is 37.9 Å². The monoisotopic (exact) mass is 292 g/mol. The van der Waals surface area contributed by atoms with Gasteiger partial charge in [0, 0.05) is 25.7 Å². The van der Waals surface area contributed by atoms with Gasteiger partial charge in [-0.1, -0.05) is 39.8 Å². The molecule has 1 aromatic rings. The van der Waals surface area contributed by atoms with Crippen molar-refractivity contribution >= 4 is 5.69 Å². The second kappa shape index (κ2) is 6.78. The van der Waals surface area contributed by atoms with Gasteiger partial charge in [0.1, 0.15) is 5.82 Å². The van der Waals surface area contributed by atoms with Gasteiger partial charge >= 0.3 is 0 Å². The Hall–Kier alpha value is -1.09. The van der Waals surface area contributed by atoms with Gasteiger partial charge in [-0.3, -0.25) is 0 Å². The Balaban J connectivity index is 2.23. The van der Waals surface area contributed by atoms with Crippen LogP contribution in [0.25, 0.3) is 0 Å². The highest BCUT2D eigenvalue weighted by molar-refractivity contribution is 5.56. The van der Waals surface area contributed by atoms with E-state index in [1.54, 1.807) is 6.07 Å². The van der Waals surface area contributed by atoms with Crippen LogP contribution in [0.15, 0.2) is 18.2 Å². The fourth-order valence-corrected chi connectivity index (χ4v) is 3.32. The molecule has 0 saturated carbocycles. The zero-order chi connectivity index (χ0) is 15.5. The summed E-state index contributed by atoms with van der Waals surface area (Å²) in [6, 6.07) is 5.86. The van der Waals surface area contributed by atoms with E-state index in [1.165, 1.54) is 19.3 Å². The van der Waals surface area contributed by atoms with Gasteiger partial charge in [0.15, 0.2) is 0 Å². The number of nitrogens with one attached hydrogen (secondary N) is 1. The molecule has 0 spiro atoms. The molecule has 1 heterocycles. The lowest BCUT2D eigenvalue weighted by Crippen LogP contribution is -2.29. The van der Waals surface area contributed by atoms with E-state index in [-0.39, 0.29) is 5.82 Å². The smallest absolute Gasteiger partial charge is 0.146 e. The molecule has 2 nitrogen and oxygen atoms in total. The molecule has 0 bridgehead atoms. The number of hydrogen-bond donors (Lipinski definition) is 1. The van der Waals surface area contributed by atoms with Crippen LogP contribution in [0.1, 0.15) is 52.5 Å². The summed E-state index contributed by atoms with van der Waals surface area (Å²) >= 11 is 0. The Kier molecular flexibility index (Phi) is 5.26. The molecule has 0 unspecified atom stereocenters. The van der Waals surface area contributed by atoms with Gasteiger partial charge in [0.2, 0.25) is 0 Å². The molecule has 3 heteroatoms. The number of benzene rings is 1. The molecule has 0 amide bonds. The largest absolute Gasteiger partial charge is 0.368 e. The maximum absolute atomic E-state index is 14.4. The maximum Gasteiger partial charge on any atom is 0.146 e. The molecular weight excluding hydrogens is 263 g/mol. The van der Waals surface area contributed by atoms with Crippen molar-refractivity contribution in [3.63, 3.8) is 0 Å². The molecule has 0 radical (unpaired) electrons. The van der Waals surface area contributed by atoms with Gasteiger partial charge in [0.25, 0.3) is 0 Å². The molecular formula is C18H29FN2. The number of halogens is 1. The van der Waals surface area contributed by atoms with Crippen LogP contribution >= 0.6 is 0 Å². The molecule has 1 aliphatic heterocycles.